The molecule has 154 valence electrons. The average molecular weight is 431 g/mol. The van der Waals surface area contributed by atoms with Crippen LogP contribution in [-0.4, -0.2) is 25.9 Å². The van der Waals surface area contributed by atoms with Gasteiger partial charge >= 0.3 is 0 Å². The SMILES string of the molecule is Cc1ccc(-c2nc3ccccc3[nH]2)cc1NC(=S)NC(=O)c1ccccc1[N+](=O)[O-]. The first-order chi connectivity index (χ1) is 14.9. The summed E-state index contributed by atoms with van der Waals surface area (Å²) in [5.74, 6) is 0.0509. The van der Waals surface area contributed by atoms with E-state index in [9.17, 15) is 14.9 Å². The molecule has 3 aromatic carbocycles. The van der Waals surface area contributed by atoms with Crippen molar-refractivity contribution < 1.29 is 9.72 Å². The predicted octanol–water partition coefficient (Wildman–Crippen LogP) is 4.57. The Hall–Kier alpha value is -4.11. The number of aromatic amines is 1. The molecule has 1 amide bonds. The Balaban J connectivity index is 1.54. The van der Waals surface area contributed by atoms with Crippen molar-refractivity contribution in [3.63, 3.8) is 0 Å². The Bertz CT molecular complexity index is 1300. The third-order valence-corrected chi connectivity index (χ3v) is 4.93. The first kappa shape index (κ1) is 20.2. The Morgan fingerprint density at radius 3 is 2.61 bits per heavy atom. The molecule has 1 aromatic heterocycles. The van der Waals surface area contributed by atoms with Gasteiger partial charge in [-0.25, -0.2) is 4.98 Å². The van der Waals surface area contributed by atoms with Gasteiger partial charge in [0, 0.05) is 17.3 Å². The van der Waals surface area contributed by atoms with Crippen LogP contribution in [0.3, 0.4) is 0 Å². The summed E-state index contributed by atoms with van der Waals surface area (Å²) >= 11 is 5.26. The average Bonchev–Trinajstić information content (AvgIpc) is 3.19. The van der Waals surface area contributed by atoms with Crippen LogP contribution >= 0.6 is 12.2 Å². The van der Waals surface area contributed by atoms with Crippen molar-refractivity contribution in [3.05, 3.63) is 88.0 Å². The third kappa shape index (κ3) is 4.26. The smallest absolute Gasteiger partial charge is 0.282 e. The molecule has 0 atom stereocenters. The fraction of sp³-hybridized carbons (Fsp3) is 0.0455. The number of nitrogens with zero attached hydrogens (tertiary/aromatic N) is 2. The van der Waals surface area contributed by atoms with Crippen molar-refractivity contribution in [2.75, 3.05) is 5.32 Å². The summed E-state index contributed by atoms with van der Waals surface area (Å²) in [6, 6.07) is 19.2. The summed E-state index contributed by atoms with van der Waals surface area (Å²) in [7, 11) is 0. The first-order valence-electron chi connectivity index (χ1n) is 9.34. The topological polar surface area (TPSA) is 113 Å². The van der Waals surface area contributed by atoms with E-state index in [2.05, 4.69) is 20.6 Å². The number of anilines is 1. The van der Waals surface area contributed by atoms with E-state index in [1.54, 1.807) is 6.07 Å². The van der Waals surface area contributed by atoms with Crippen LogP contribution in [0.4, 0.5) is 11.4 Å². The van der Waals surface area contributed by atoms with Crippen molar-refractivity contribution in [2.45, 2.75) is 6.92 Å². The molecule has 0 fully saturated rings. The van der Waals surface area contributed by atoms with Crippen LogP contribution in [0.2, 0.25) is 0 Å². The molecule has 8 nitrogen and oxygen atoms in total. The Labute approximate surface area is 182 Å². The summed E-state index contributed by atoms with van der Waals surface area (Å²) in [5.41, 5.74) is 3.88. The van der Waals surface area contributed by atoms with E-state index < -0.39 is 10.8 Å². The lowest BCUT2D eigenvalue weighted by molar-refractivity contribution is -0.385. The third-order valence-electron chi connectivity index (χ3n) is 4.72. The molecule has 4 aromatic rings. The molecule has 0 saturated carbocycles. The van der Waals surface area contributed by atoms with E-state index in [1.165, 1.54) is 18.2 Å². The van der Waals surface area contributed by atoms with E-state index in [-0.39, 0.29) is 16.4 Å². The quantitative estimate of drug-likeness (QED) is 0.248. The van der Waals surface area contributed by atoms with Gasteiger partial charge in [0.05, 0.1) is 16.0 Å². The van der Waals surface area contributed by atoms with E-state index >= 15 is 0 Å². The highest BCUT2D eigenvalue weighted by Crippen LogP contribution is 2.25. The monoisotopic (exact) mass is 431 g/mol. The van der Waals surface area contributed by atoms with Gasteiger partial charge in [-0.2, -0.15) is 0 Å². The number of hydrogen-bond donors (Lipinski definition) is 3. The summed E-state index contributed by atoms with van der Waals surface area (Å²) in [6.07, 6.45) is 0. The number of nitro groups is 1. The minimum Gasteiger partial charge on any atom is -0.338 e. The highest BCUT2D eigenvalue weighted by atomic mass is 32.1. The first-order valence-corrected chi connectivity index (χ1v) is 9.75. The van der Waals surface area contributed by atoms with Crippen LogP contribution in [-0.2, 0) is 0 Å². The van der Waals surface area contributed by atoms with Crippen molar-refractivity contribution >= 4 is 45.6 Å². The Morgan fingerprint density at radius 1 is 1.10 bits per heavy atom. The number of rotatable bonds is 4. The number of carbonyl (C=O) groups is 1. The van der Waals surface area contributed by atoms with Gasteiger partial charge < -0.3 is 10.3 Å². The molecule has 0 aliphatic heterocycles. The Kier molecular flexibility index (Phi) is 5.42. The minimum absolute atomic E-state index is 0.0352. The molecular formula is C22H17N5O3S. The zero-order valence-corrected chi connectivity index (χ0v) is 17.2. The van der Waals surface area contributed by atoms with Crippen molar-refractivity contribution in [1.82, 2.24) is 15.3 Å². The van der Waals surface area contributed by atoms with Gasteiger partial charge in [-0.05, 0) is 49.0 Å². The van der Waals surface area contributed by atoms with Gasteiger partial charge in [-0.1, -0.05) is 36.4 Å². The zero-order valence-electron chi connectivity index (χ0n) is 16.4. The standard InChI is InChI=1S/C22H17N5O3S/c1-13-10-11-14(20-23-16-7-3-4-8-17(16)24-20)12-18(13)25-22(31)26-21(28)15-6-2-5-9-19(15)27(29)30/h2-12H,1H3,(H,23,24)(H2,25,26,28,31). The van der Waals surface area contributed by atoms with Gasteiger partial charge in [0.25, 0.3) is 11.6 Å². The van der Waals surface area contributed by atoms with Crippen LogP contribution in [0.5, 0.6) is 0 Å². The van der Waals surface area contributed by atoms with Gasteiger partial charge in [-0.3, -0.25) is 20.2 Å². The number of thiocarbonyl (C=S) groups is 1. The van der Waals surface area contributed by atoms with Crippen LogP contribution in [0.15, 0.2) is 66.7 Å². The number of nitro benzene ring substituents is 1. The maximum atomic E-state index is 12.5. The number of H-pyrrole nitrogens is 1. The van der Waals surface area contributed by atoms with Crippen molar-refractivity contribution in [2.24, 2.45) is 0 Å². The molecule has 0 radical (unpaired) electrons. The summed E-state index contributed by atoms with van der Waals surface area (Å²) in [5, 5.41) is 16.7. The lowest BCUT2D eigenvalue weighted by Crippen LogP contribution is -2.34. The summed E-state index contributed by atoms with van der Waals surface area (Å²) in [6.45, 7) is 1.90. The molecule has 9 heteroatoms. The molecular weight excluding hydrogens is 414 g/mol. The molecule has 0 unspecified atom stereocenters. The van der Waals surface area contributed by atoms with Crippen LogP contribution < -0.4 is 10.6 Å². The number of nitrogens with one attached hydrogen (secondary N) is 3. The predicted molar refractivity (Wildman–Crippen MR) is 123 cm³/mol. The normalized spacial score (nSPS) is 10.6. The molecule has 0 aliphatic carbocycles. The van der Waals surface area contributed by atoms with Crippen molar-refractivity contribution in [1.29, 1.82) is 0 Å². The van der Waals surface area contributed by atoms with E-state index in [0.717, 1.165) is 22.2 Å². The van der Waals surface area contributed by atoms with E-state index in [0.29, 0.717) is 11.5 Å². The van der Waals surface area contributed by atoms with Gasteiger partial charge in [0.1, 0.15) is 11.4 Å². The number of carbonyl (C=O) groups excluding carboxylic acids is 1. The van der Waals surface area contributed by atoms with Gasteiger partial charge in [0.2, 0.25) is 0 Å². The summed E-state index contributed by atoms with van der Waals surface area (Å²) < 4.78 is 0. The number of hydrogen-bond acceptors (Lipinski definition) is 5. The number of imidazole rings is 1. The molecule has 0 aliphatic rings. The molecule has 31 heavy (non-hydrogen) atoms. The second-order valence-electron chi connectivity index (χ2n) is 6.81. The maximum Gasteiger partial charge on any atom is 0.282 e. The fourth-order valence-corrected chi connectivity index (χ4v) is 3.35. The minimum atomic E-state index is -0.657. The molecule has 0 bridgehead atoms. The van der Waals surface area contributed by atoms with Crippen LogP contribution in [0, 0.1) is 17.0 Å². The van der Waals surface area contributed by atoms with Gasteiger partial charge in [-0.15, -0.1) is 0 Å². The molecule has 1 heterocycles. The largest absolute Gasteiger partial charge is 0.338 e. The molecule has 3 N–H and O–H groups in total. The summed E-state index contributed by atoms with van der Waals surface area (Å²) in [4.78, 5) is 30.9. The molecule has 0 spiro atoms. The zero-order chi connectivity index (χ0) is 22.0. The lowest BCUT2D eigenvalue weighted by atomic mass is 10.1. The molecule has 4 rings (SSSR count). The Morgan fingerprint density at radius 2 is 1.84 bits per heavy atom. The fourth-order valence-electron chi connectivity index (χ4n) is 3.14. The number of aryl methyl sites for hydroxylation is 1. The van der Waals surface area contributed by atoms with E-state index in [4.69, 9.17) is 12.2 Å². The highest BCUT2D eigenvalue weighted by Gasteiger charge is 2.20. The number of fused-ring (bicyclic) bond motifs is 1. The number of para-hydroxylation sites is 3. The lowest BCUT2D eigenvalue weighted by Gasteiger charge is -2.13. The second-order valence-corrected chi connectivity index (χ2v) is 7.22. The number of amides is 1. The van der Waals surface area contributed by atoms with Crippen molar-refractivity contribution in [3.8, 4) is 11.4 Å². The number of benzene rings is 3. The van der Waals surface area contributed by atoms with Crippen LogP contribution in [0.25, 0.3) is 22.4 Å². The highest BCUT2D eigenvalue weighted by molar-refractivity contribution is 7.80. The molecule has 0 saturated heterocycles. The van der Waals surface area contributed by atoms with Crippen LogP contribution in [0.1, 0.15) is 15.9 Å². The maximum absolute atomic E-state index is 12.5. The second kappa shape index (κ2) is 8.33. The number of aromatic nitrogens is 2. The van der Waals surface area contributed by atoms with Gasteiger partial charge in [0.15, 0.2) is 5.11 Å². The van der Waals surface area contributed by atoms with E-state index in [1.807, 2.05) is 49.4 Å².